The number of halogens is 5. The van der Waals surface area contributed by atoms with Crippen LogP contribution in [-0.2, 0) is 4.74 Å². The Morgan fingerprint density at radius 2 is 2.04 bits per heavy atom. The van der Waals surface area contributed by atoms with E-state index in [0.717, 1.165) is 6.07 Å². The maximum Gasteiger partial charge on any atom is 0.410 e. The second kappa shape index (κ2) is 7.63. The van der Waals surface area contributed by atoms with E-state index in [9.17, 15) is 22.8 Å². The number of ether oxygens (including phenoxy) is 1. The third-order valence-corrected chi connectivity index (χ3v) is 4.70. The van der Waals surface area contributed by atoms with Crippen molar-refractivity contribution in [1.29, 1.82) is 0 Å². The number of Topliss-reactive ketones (excluding diaryl/α,β-unsaturated/α-hetero) is 1. The van der Waals surface area contributed by atoms with Crippen molar-refractivity contribution in [2.24, 2.45) is 0 Å². The zero-order valence-corrected chi connectivity index (χ0v) is 15.9. The number of fused-ring (bicyclic) bond motifs is 1. The average molecular weight is 436 g/mol. The van der Waals surface area contributed by atoms with E-state index >= 15 is 0 Å². The topological polar surface area (TPSA) is 73.2 Å². The summed E-state index contributed by atoms with van der Waals surface area (Å²) in [4.78, 5) is 24.3. The molecule has 1 aliphatic rings. The number of ketones is 1. The molecule has 2 heterocycles. The molecule has 0 unspecified atom stereocenters. The Hall–Kier alpha value is -2.26. The SMILES string of the molecule is C[C@H]1C[C@@H](C(F)(F)F)n2nc(C(=O)OCC(=O)c3ccc(Cl)cc3Cl)cc2N1. The van der Waals surface area contributed by atoms with Crippen molar-refractivity contribution >= 4 is 40.8 Å². The number of carbonyl (C=O) groups is 2. The monoisotopic (exact) mass is 435 g/mol. The molecular weight excluding hydrogens is 422 g/mol. The molecule has 1 aliphatic heterocycles. The first-order valence-corrected chi connectivity index (χ1v) is 8.90. The second-order valence-corrected chi connectivity index (χ2v) is 7.16. The van der Waals surface area contributed by atoms with Gasteiger partial charge >= 0.3 is 12.1 Å². The Morgan fingerprint density at radius 3 is 2.68 bits per heavy atom. The van der Waals surface area contributed by atoms with Crippen molar-refractivity contribution in [2.75, 3.05) is 11.9 Å². The Labute approximate surface area is 167 Å². The molecule has 3 rings (SSSR count). The number of hydrogen-bond donors (Lipinski definition) is 1. The van der Waals surface area contributed by atoms with Crippen LogP contribution in [0.25, 0.3) is 0 Å². The molecule has 0 amide bonds. The number of nitrogens with zero attached hydrogens (tertiary/aromatic N) is 2. The van der Waals surface area contributed by atoms with E-state index < -0.39 is 36.6 Å². The highest BCUT2D eigenvalue weighted by Crippen LogP contribution is 2.39. The van der Waals surface area contributed by atoms with E-state index in [1.807, 2.05) is 0 Å². The predicted molar refractivity (Wildman–Crippen MR) is 96.1 cm³/mol. The fourth-order valence-corrected chi connectivity index (χ4v) is 3.37. The van der Waals surface area contributed by atoms with Gasteiger partial charge < -0.3 is 10.1 Å². The fraction of sp³-hybridized carbons (Fsp3) is 0.353. The largest absolute Gasteiger partial charge is 0.453 e. The lowest BCUT2D eigenvalue weighted by molar-refractivity contribution is -0.173. The molecule has 150 valence electrons. The third-order valence-electron chi connectivity index (χ3n) is 4.15. The van der Waals surface area contributed by atoms with Crippen molar-refractivity contribution < 1.29 is 27.5 Å². The van der Waals surface area contributed by atoms with Crippen molar-refractivity contribution in [1.82, 2.24) is 9.78 Å². The summed E-state index contributed by atoms with van der Waals surface area (Å²) >= 11 is 11.7. The molecule has 1 aromatic heterocycles. The molecule has 2 aromatic rings. The summed E-state index contributed by atoms with van der Waals surface area (Å²) in [5, 5.41) is 6.98. The van der Waals surface area contributed by atoms with Crippen LogP contribution in [0.2, 0.25) is 10.0 Å². The molecule has 0 saturated heterocycles. The Bertz CT molecular complexity index is 930. The normalized spacial score (nSPS) is 18.9. The lowest BCUT2D eigenvalue weighted by Crippen LogP contribution is -2.37. The zero-order valence-electron chi connectivity index (χ0n) is 14.4. The van der Waals surface area contributed by atoms with Crippen LogP contribution in [0.4, 0.5) is 19.0 Å². The van der Waals surface area contributed by atoms with Crippen molar-refractivity contribution in [2.45, 2.75) is 31.6 Å². The maximum atomic E-state index is 13.2. The van der Waals surface area contributed by atoms with Crippen LogP contribution in [0, 0.1) is 0 Å². The number of anilines is 1. The van der Waals surface area contributed by atoms with Gasteiger partial charge in [0.1, 0.15) is 5.82 Å². The van der Waals surface area contributed by atoms with Gasteiger partial charge in [-0.1, -0.05) is 23.2 Å². The van der Waals surface area contributed by atoms with Crippen molar-refractivity contribution in [3.05, 3.63) is 45.6 Å². The number of hydrogen-bond acceptors (Lipinski definition) is 5. The minimum atomic E-state index is -4.51. The lowest BCUT2D eigenvalue weighted by Gasteiger charge is -2.31. The molecule has 6 nitrogen and oxygen atoms in total. The summed E-state index contributed by atoms with van der Waals surface area (Å²) < 4.78 is 45.3. The van der Waals surface area contributed by atoms with Gasteiger partial charge in [0, 0.05) is 22.7 Å². The van der Waals surface area contributed by atoms with Crippen LogP contribution in [0.15, 0.2) is 24.3 Å². The first-order chi connectivity index (χ1) is 13.1. The van der Waals surface area contributed by atoms with Crippen LogP contribution in [0.1, 0.15) is 40.2 Å². The summed E-state index contributed by atoms with van der Waals surface area (Å²) in [5.74, 6) is -1.55. The van der Waals surface area contributed by atoms with Crippen LogP contribution < -0.4 is 5.32 Å². The highest BCUT2D eigenvalue weighted by Gasteiger charge is 2.45. The number of alkyl halides is 3. The van der Waals surface area contributed by atoms with Crippen LogP contribution >= 0.6 is 23.2 Å². The minimum absolute atomic E-state index is 0.0556. The summed E-state index contributed by atoms with van der Waals surface area (Å²) in [5.41, 5.74) is -0.225. The molecule has 0 spiro atoms. The second-order valence-electron chi connectivity index (χ2n) is 6.32. The van der Waals surface area contributed by atoms with Gasteiger partial charge in [0.05, 0.1) is 5.02 Å². The average Bonchev–Trinajstić information content (AvgIpc) is 3.01. The molecule has 0 radical (unpaired) electrons. The highest BCUT2D eigenvalue weighted by atomic mass is 35.5. The molecule has 28 heavy (non-hydrogen) atoms. The first kappa shape index (κ1) is 20.5. The number of benzene rings is 1. The van der Waals surface area contributed by atoms with Crippen molar-refractivity contribution in [3.8, 4) is 0 Å². The molecule has 0 fully saturated rings. The third kappa shape index (κ3) is 4.25. The van der Waals surface area contributed by atoms with Gasteiger partial charge in [0.25, 0.3) is 0 Å². The van der Waals surface area contributed by atoms with E-state index in [0.29, 0.717) is 9.70 Å². The summed E-state index contributed by atoms with van der Waals surface area (Å²) in [6, 6.07) is 3.07. The number of esters is 1. The molecule has 0 saturated carbocycles. The van der Waals surface area contributed by atoms with Gasteiger partial charge in [-0.3, -0.25) is 4.79 Å². The van der Waals surface area contributed by atoms with Gasteiger partial charge in [-0.25, -0.2) is 9.48 Å². The van der Waals surface area contributed by atoms with E-state index in [-0.39, 0.29) is 28.5 Å². The molecular formula is C17H14Cl2F3N3O3. The summed E-state index contributed by atoms with van der Waals surface area (Å²) in [7, 11) is 0. The van der Waals surface area contributed by atoms with Crippen LogP contribution in [0.3, 0.4) is 0 Å². The molecule has 1 N–H and O–H groups in total. The standard InChI is InChI=1S/C17H14Cl2F3N3O3/c1-8-4-14(17(20,21)22)25-15(23-8)6-12(24-25)16(27)28-7-13(26)10-3-2-9(18)5-11(10)19/h2-3,5-6,8,14,23H,4,7H2,1H3/t8-,14-/m0/s1. The van der Waals surface area contributed by atoms with Gasteiger partial charge in [-0.2, -0.15) is 18.3 Å². The molecule has 0 bridgehead atoms. The highest BCUT2D eigenvalue weighted by molar-refractivity contribution is 6.36. The summed E-state index contributed by atoms with van der Waals surface area (Å²) in [6.45, 7) is 0.955. The van der Waals surface area contributed by atoms with Crippen LogP contribution in [-0.4, -0.2) is 40.4 Å². The van der Waals surface area contributed by atoms with Crippen LogP contribution in [0.5, 0.6) is 0 Å². The zero-order chi connectivity index (χ0) is 20.6. The number of aromatic nitrogens is 2. The van der Waals surface area contributed by atoms with Gasteiger partial charge in [0.15, 0.2) is 18.3 Å². The molecule has 11 heteroatoms. The van der Waals surface area contributed by atoms with Gasteiger partial charge in [-0.15, -0.1) is 0 Å². The quantitative estimate of drug-likeness (QED) is 0.563. The predicted octanol–water partition coefficient (Wildman–Crippen LogP) is 4.54. The number of carbonyl (C=O) groups excluding carboxylic acids is 2. The molecule has 1 aromatic carbocycles. The number of nitrogens with one attached hydrogen (secondary N) is 1. The molecule has 2 atom stereocenters. The first-order valence-electron chi connectivity index (χ1n) is 8.14. The smallest absolute Gasteiger partial charge is 0.410 e. The fourth-order valence-electron chi connectivity index (χ4n) is 2.86. The summed E-state index contributed by atoms with van der Waals surface area (Å²) in [6.07, 6.45) is -4.74. The minimum Gasteiger partial charge on any atom is -0.453 e. The van der Waals surface area contributed by atoms with Gasteiger partial charge in [0.2, 0.25) is 5.78 Å². The van der Waals surface area contributed by atoms with E-state index in [1.165, 1.54) is 18.2 Å². The maximum absolute atomic E-state index is 13.2. The van der Waals surface area contributed by atoms with Gasteiger partial charge in [-0.05, 0) is 31.5 Å². The van der Waals surface area contributed by atoms with E-state index in [1.54, 1.807) is 6.92 Å². The van der Waals surface area contributed by atoms with E-state index in [2.05, 4.69) is 10.4 Å². The Kier molecular flexibility index (Phi) is 5.58. The number of rotatable bonds is 4. The van der Waals surface area contributed by atoms with E-state index in [4.69, 9.17) is 27.9 Å². The Balaban J connectivity index is 1.73. The Morgan fingerprint density at radius 1 is 1.32 bits per heavy atom. The lowest BCUT2D eigenvalue weighted by atomic mass is 10.1. The molecule has 0 aliphatic carbocycles. The van der Waals surface area contributed by atoms with Crippen molar-refractivity contribution in [3.63, 3.8) is 0 Å².